The number of anilines is 2. The second-order valence-electron chi connectivity index (χ2n) is 6.91. The van der Waals surface area contributed by atoms with Crippen LogP contribution in [0.4, 0.5) is 15.2 Å². The van der Waals surface area contributed by atoms with Crippen LogP contribution in [0.5, 0.6) is 0 Å². The van der Waals surface area contributed by atoms with Gasteiger partial charge >= 0.3 is 0 Å². The second kappa shape index (κ2) is 9.23. The number of nitrogens with one attached hydrogen (secondary N) is 2. The molecule has 1 aromatic carbocycles. The van der Waals surface area contributed by atoms with E-state index in [0.29, 0.717) is 9.47 Å². The molecule has 10 heteroatoms. The van der Waals surface area contributed by atoms with Gasteiger partial charge in [-0.3, -0.25) is 14.9 Å². The zero-order valence-electron chi connectivity index (χ0n) is 15.9. The SMILES string of the molecule is O=C(CSc1nnc(NC(=O)C2(c3cccs3)CCCC2)s1)Nc1ccccc1F. The van der Waals surface area contributed by atoms with Crippen molar-refractivity contribution in [2.45, 2.75) is 35.4 Å². The van der Waals surface area contributed by atoms with Crippen LogP contribution in [-0.4, -0.2) is 27.8 Å². The number of carbonyl (C=O) groups is 2. The fourth-order valence-corrected chi connectivity index (χ4v) is 6.06. The minimum atomic E-state index is -0.493. The average Bonchev–Trinajstić information content (AvgIpc) is 3.50. The number of hydrogen-bond donors (Lipinski definition) is 2. The molecule has 0 unspecified atom stereocenters. The van der Waals surface area contributed by atoms with Crippen molar-refractivity contribution >= 4 is 57.1 Å². The molecular formula is C20H19FN4O2S3. The van der Waals surface area contributed by atoms with Crippen molar-refractivity contribution in [2.75, 3.05) is 16.4 Å². The van der Waals surface area contributed by atoms with Gasteiger partial charge in [0.25, 0.3) is 0 Å². The predicted octanol–water partition coefficient (Wildman–Crippen LogP) is 4.92. The van der Waals surface area contributed by atoms with Crippen molar-refractivity contribution in [2.24, 2.45) is 0 Å². The molecule has 1 fully saturated rings. The van der Waals surface area contributed by atoms with Crippen LogP contribution in [-0.2, 0) is 15.0 Å². The lowest BCUT2D eigenvalue weighted by Gasteiger charge is -2.25. The molecule has 2 heterocycles. The van der Waals surface area contributed by atoms with Crippen molar-refractivity contribution in [3.8, 4) is 0 Å². The van der Waals surface area contributed by atoms with E-state index in [0.717, 1.165) is 30.6 Å². The van der Waals surface area contributed by atoms with Gasteiger partial charge in [-0.25, -0.2) is 4.39 Å². The Hall–Kier alpha value is -2.30. The molecule has 0 aliphatic heterocycles. The Labute approximate surface area is 185 Å². The molecule has 3 aromatic rings. The molecule has 6 nitrogen and oxygen atoms in total. The molecule has 1 aliphatic rings. The molecule has 1 aliphatic carbocycles. The zero-order valence-corrected chi connectivity index (χ0v) is 18.3. The third kappa shape index (κ3) is 4.55. The summed E-state index contributed by atoms with van der Waals surface area (Å²) in [7, 11) is 0. The maximum atomic E-state index is 13.6. The highest BCUT2D eigenvalue weighted by molar-refractivity contribution is 8.01. The van der Waals surface area contributed by atoms with Crippen LogP contribution in [0.25, 0.3) is 0 Å². The summed E-state index contributed by atoms with van der Waals surface area (Å²) in [6.07, 6.45) is 3.71. The van der Waals surface area contributed by atoms with Crippen molar-refractivity contribution in [3.05, 3.63) is 52.5 Å². The van der Waals surface area contributed by atoms with Crippen LogP contribution in [0.15, 0.2) is 46.1 Å². The number of rotatable bonds is 7. The predicted molar refractivity (Wildman–Crippen MR) is 119 cm³/mol. The minimum Gasteiger partial charge on any atom is -0.323 e. The van der Waals surface area contributed by atoms with Crippen LogP contribution in [0.3, 0.4) is 0 Å². The molecule has 1 saturated carbocycles. The van der Waals surface area contributed by atoms with E-state index in [1.54, 1.807) is 23.5 Å². The summed E-state index contributed by atoms with van der Waals surface area (Å²) in [5.74, 6) is -0.806. The topological polar surface area (TPSA) is 84.0 Å². The Balaban J connectivity index is 1.34. The molecule has 156 valence electrons. The number of amides is 2. The van der Waals surface area contributed by atoms with E-state index in [-0.39, 0.29) is 23.3 Å². The molecule has 0 bridgehead atoms. The average molecular weight is 463 g/mol. The Morgan fingerprint density at radius 1 is 1.10 bits per heavy atom. The van der Waals surface area contributed by atoms with Gasteiger partial charge in [-0.05, 0) is 36.4 Å². The van der Waals surface area contributed by atoms with E-state index in [1.165, 1.54) is 35.2 Å². The van der Waals surface area contributed by atoms with Gasteiger partial charge in [0, 0.05) is 4.88 Å². The van der Waals surface area contributed by atoms with Crippen molar-refractivity contribution in [1.29, 1.82) is 0 Å². The Morgan fingerprint density at radius 3 is 2.63 bits per heavy atom. The van der Waals surface area contributed by atoms with Gasteiger partial charge in [0.15, 0.2) is 4.34 Å². The number of para-hydroxylation sites is 1. The number of thioether (sulfide) groups is 1. The first-order chi connectivity index (χ1) is 14.6. The fraction of sp³-hybridized carbons (Fsp3) is 0.300. The summed E-state index contributed by atoms with van der Waals surface area (Å²) >= 11 is 4.02. The molecule has 2 N–H and O–H groups in total. The standard InChI is InChI=1S/C20H19FN4O2S3/c21-13-6-1-2-7-14(13)22-16(26)12-29-19-25-24-18(30-19)23-17(27)20(9-3-4-10-20)15-8-5-11-28-15/h1-2,5-8,11H,3-4,9-10,12H2,(H,22,26)(H,23,24,27). The molecule has 2 amide bonds. The van der Waals surface area contributed by atoms with Gasteiger partial charge in [0.2, 0.25) is 16.9 Å². The van der Waals surface area contributed by atoms with Gasteiger partial charge in [-0.2, -0.15) is 0 Å². The molecule has 0 spiro atoms. The van der Waals surface area contributed by atoms with Crippen LogP contribution >= 0.6 is 34.4 Å². The first-order valence-corrected chi connectivity index (χ1v) is 12.1. The number of carbonyl (C=O) groups excluding carboxylic acids is 2. The van der Waals surface area contributed by atoms with E-state index >= 15 is 0 Å². The van der Waals surface area contributed by atoms with Gasteiger partial charge in [-0.15, -0.1) is 21.5 Å². The Morgan fingerprint density at radius 2 is 1.90 bits per heavy atom. The van der Waals surface area contributed by atoms with Gasteiger partial charge in [0.05, 0.1) is 16.9 Å². The summed E-state index contributed by atoms with van der Waals surface area (Å²) in [5, 5.41) is 15.9. The van der Waals surface area contributed by atoms with Crippen molar-refractivity contribution in [3.63, 3.8) is 0 Å². The van der Waals surface area contributed by atoms with Gasteiger partial charge in [-0.1, -0.05) is 54.1 Å². The van der Waals surface area contributed by atoms with E-state index in [1.807, 2.05) is 17.5 Å². The van der Waals surface area contributed by atoms with Gasteiger partial charge in [0.1, 0.15) is 5.82 Å². The first kappa shape index (κ1) is 21.0. The van der Waals surface area contributed by atoms with Crippen molar-refractivity contribution in [1.82, 2.24) is 10.2 Å². The van der Waals surface area contributed by atoms with E-state index in [9.17, 15) is 14.0 Å². The minimum absolute atomic E-state index is 0.0487. The van der Waals surface area contributed by atoms with Crippen LogP contribution in [0.2, 0.25) is 0 Å². The largest absolute Gasteiger partial charge is 0.323 e. The lowest BCUT2D eigenvalue weighted by molar-refractivity contribution is -0.121. The fourth-order valence-electron chi connectivity index (χ4n) is 3.53. The summed E-state index contributed by atoms with van der Waals surface area (Å²) in [5.41, 5.74) is -0.351. The van der Waals surface area contributed by atoms with E-state index in [4.69, 9.17) is 0 Å². The summed E-state index contributed by atoms with van der Waals surface area (Å²) in [4.78, 5) is 26.2. The lowest BCUT2D eigenvalue weighted by atomic mass is 9.83. The third-order valence-corrected chi connectivity index (χ3v) is 8.03. The zero-order chi connectivity index (χ0) is 21.0. The highest BCUT2D eigenvalue weighted by Gasteiger charge is 2.43. The second-order valence-corrected chi connectivity index (χ2v) is 10.1. The number of thiophene rings is 1. The summed E-state index contributed by atoms with van der Waals surface area (Å²) < 4.78 is 14.2. The molecule has 2 aromatic heterocycles. The molecular weight excluding hydrogens is 443 g/mol. The molecule has 4 rings (SSSR count). The number of hydrogen-bond acceptors (Lipinski definition) is 7. The maximum absolute atomic E-state index is 13.6. The number of nitrogens with zero attached hydrogens (tertiary/aromatic N) is 2. The molecule has 30 heavy (non-hydrogen) atoms. The number of aromatic nitrogens is 2. The lowest BCUT2D eigenvalue weighted by Crippen LogP contribution is -2.37. The maximum Gasteiger partial charge on any atom is 0.237 e. The highest BCUT2D eigenvalue weighted by atomic mass is 32.2. The van der Waals surface area contributed by atoms with Crippen LogP contribution in [0.1, 0.15) is 30.6 Å². The molecule has 0 saturated heterocycles. The Bertz CT molecular complexity index is 1030. The third-order valence-electron chi connectivity index (χ3n) is 4.99. The Kier molecular flexibility index (Phi) is 6.45. The summed E-state index contributed by atoms with van der Waals surface area (Å²) in [6, 6.07) is 9.99. The van der Waals surface area contributed by atoms with Crippen molar-refractivity contribution < 1.29 is 14.0 Å². The highest BCUT2D eigenvalue weighted by Crippen LogP contribution is 2.44. The van der Waals surface area contributed by atoms with E-state index < -0.39 is 11.2 Å². The smallest absolute Gasteiger partial charge is 0.237 e. The van der Waals surface area contributed by atoms with Crippen LogP contribution in [0, 0.1) is 5.82 Å². The molecule has 0 radical (unpaired) electrons. The number of halogens is 1. The first-order valence-electron chi connectivity index (χ1n) is 9.43. The van der Waals surface area contributed by atoms with Gasteiger partial charge < -0.3 is 5.32 Å². The number of benzene rings is 1. The quantitative estimate of drug-likeness (QED) is 0.385. The van der Waals surface area contributed by atoms with E-state index in [2.05, 4.69) is 20.8 Å². The summed E-state index contributed by atoms with van der Waals surface area (Å²) in [6.45, 7) is 0. The molecule has 0 atom stereocenters. The monoisotopic (exact) mass is 462 g/mol. The van der Waals surface area contributed by atoms with Crippen LogP contribution < -0.4 is 10.6 Å². The normalized spacial score (nSPS) is 15.1.